The molecule has 0 unspecified atom stereocenters. The smallest absolute Gasteiger partial charge is 0.306 e. The zero-order valence-corrected chi connectivity index (χ0v) is 16.5. The molecule has 0 fully saturated rings. The summed E-state index contributed by atoms with van der Waals surface area (Å²) in [6.07, 6.45) is 1.91. The third-order valence-electron chi connectivity index (χ3n) is 4.13. The molecule has 2 rings (SSSR count). The SMILES string of the molecule is CSc1ccccc1NC(=O)COC(=O)CCC(=O)c1ccc(C)c(C)c1. The summed E-state index contributed by atoms with van der Waals surface area (Å²) in [4.78, 5) is 36.9. The van der Waals surface area contributed by atoms with Crippen LogP contribution in [-0.2, 0) is 14.3 Å². The van der Waals surface area contributed by atoms with Crippen molar-refractivity contribution in [3.63, 3.8) is 0 Å². The van der Waals surface area contributed by atoms with E-state index in [0.29, 0.717) is 11.3 Å². The number of ketones is 1. The van der Waals surface area contributed by atoms with E-state index in [4.69, 9.17) is 4.74 Å². The van der Waals surface area contributed by atoms with E-state index in [2.05, 4.69) is 5.32 Å². The number of aryl methyl sites for hydroxylation is 2. The maximum Gasteiger partial charge on any atom is 0.306 e. The molecule has 0 spiro atoms. The van der Waals surface area contributed by atoms with Gasteiger partial charge < -0.3 is 10.1 Å². The summed E-state index contributed by atoms with van der Waals surface area (Å²) in [6, 6.07) is 12.8. The second-order valence-corrected chi connectivity index (χ2v) is 6.98. The van der Waals surface area contributed by atoms with E-state index in [0.717, 1.165) is 16.0 Å². The highest BCUT2D eigenvalue weighted by Gasteiger charge is 2.13. The van der Waals surface area contributed by atoms with Crippen LogP contribution in [0.5, 0.6) is 0 Å². The molecule has 0 saturated carbocycles. The van der Waals surface area contributed by atoms with Gasteiger partial charge in [0.25, 0.3) is 5.91 Å². The summed E-state index contributed by atoms with van der Waals surface area (Å²) in [6.45, 7) is 3.54. The van der Waals surface area contributed by atoms with Crippen LogP contribution in [-0.4, -0.2) is 30.5 Å². The molecule has 0 saturated heterocycles. The van der Waals surface area contributed by atoms with Gasteiger partial charge in [-0.1, -0.05) is 24.3 Å². The Bertz CT molecular complexity index is 848. The predicted molar refractivity (Wildman–Crippen MR) is 107 cm³/mol. The monoisotopic (exact) mass is 385 g/mol. The fourth-order valence-corrected chi connectivity index (χ4v) is 2.98. The van der Waals surface area contributed by atoms with Gasteiger partial charge in [-0.25, -0.2) is 0 Å². The molecule has 1 amide bonds. The molecular weight excluding hydrogens is 362 g/mol. The summed E-state index contributed by atoms with van der Waals surface area (Å²) in [5.41, 5.74) is 3.40. The van der Waals surface area contributed by atoms with E-state index in [9.17, 15) is 14.4 Å². The number of carbonyl (C=O) groups is 3. The van der Waals surface area contributed by atoms with Crippen LogP contribution in [0, 0.1) is 13.8 Å². The molecule has 2 aromatic rings. The molecule has 27 heavy (non-hydrogen) atoms. The number of amides is 1. The van der Waals surface area contributed by atoms with Crippen LogP contribution in [0.2, 0.25) is 0 Å². The molecule has 142 valence electrons. The molecule has 5 nitrogen and oxygen atoms in total. The highest BCUT2D eigenvalue weighted by atomic mass is 32.2. The van der Waals surface area contributed by atoms with Crippen molar-refractivity contribution in [3.8, 4) is 0 Å². The van der Waals surface area contributed by atoms with E-state index in [1.54, 1.807) is 12.1 Å². The molecule has 0 aliphatic carbocycles. The quantitative estimate of drug-likeness (QED) is 0.419. The van der Waals surface area contributed by atoms with Crippen molar-refractivity contribution in [1.82, 2.24) is 0 Å². The van der Waals surface area contributed by atoms with Gasteiger partial charge in [0.1, 0.15) is 0 Å². The lowest BCUT2D eigenvalue weighted by Gasteiger charge is -2.09. The van der Waals surface area contributed by atoms with Gasteiger partial charge in [-0.15, -0.1) is 11.8 Å². The first-order valence-electron chi connectivity index (χ1n) is 8.59. The standard InChI is InChI=1S/C21H23NO4S/c1-14-8-9-16(12-15(14)2)18(23)10-11-21(25)26-13-20(24)22-17-6-4-5-7-19(17)27-3/h4-9,12H,10-11,13H2,1-3H3,(H,22,24). The summed E-state index contributed by atoms with van der Waals surface area (Å²) in [5, 5.41) is 2.72. The first kappa shape index (κ1) is 20.7. The van der Waals surface area contributed by atoms with E-state index in [-0.39, 0.29) is 25.2 Å². The Morgan fingerprint density at radius 1 is 1.00 bits per heavy atom. The van der Waals surface area contributed by atoms with Crippen LogP contribution in [0.1, 0.15) is 34.3 Å². The van der Waals surface area contributed by atoms with Crippen LogP contribution >= 0.6 is 11.8 Å². The summed E-state index contributed by atoms with van der Waals surface area (Å²) in [5.74, 6) is -1.10. The van der Waals surface area contributed by atoms with E-state index in [1.165, 1.54) is 11.8 Å². The number of para-hydroxylation sites is 1. The van der Waals surface area contributed by atoms with Crippen molar-refractivity contribution in [1.29, 1.82) is 0 Å². The number of ether oxygens (including phenoxy) is 1. The number of benzene rings is 2. The number of carbonyl (C=O) groups excluding carboxylic acids is 3. The minimum absolute atomic E-state index is 0.0538. The Labute approximate surface area is 163 Å². The number of esters is 1. The third-order valence-corrected chi connectivity index (χ3v) is 4.93. The molecular formula is C21H23NO4S. The summed E-state index contributed by atoms with van der Waals surface area (Å²) >= 11 is 1.51. The van der Waals surface area contributed by atoms with Crippen LogP contribution < -0.4 is 5.32 Å². The van der Waals surface area contributed by atoms with Crippen molar-refractivity contribution in [2.75, 3.05) is 18.2 Å². The van der Waals surface area contributed by atoms with Crippen LogP contribution in [0.3, 0.4) is 0 Å². The van der Waals surface area contributed by atoms with Crippen molar-refractivity contribution < 1.29 is 19.1 Å². The molecule has 6 heteroatoms. The lowest BCUT2D eigenvalue weighted by molar-refractivity contribution is -0.147. The molecule has 0 heterocycles. The van der Waals surface area contributed by atoms with E-state index < -0.39 is 11.9 Å². The Hall–Kier alpha value is -2.60. The topological polar surface area (TPSA) is 72.5 Å². The maximum atomic E-state index is 12.2. The normalized spacial score (nSPS) is 10.3. The van der Waals surface area contributed by atoms with Crippen molar-refractivity contribution in [3.05, 3.63) is 59.2 Å². The van der Waals surface area contributed by atoms with Gasteiger partial charge in [0, 0.05) is 16.9 Å². The number of anilines is 1. The van der Waals surface area contributed by atoms with Crippen molar-refractivity contribution >= 4 is 35.1 Å². The summed E-state index contributed by atoms with van der Waals surface area (Å²) < 4.78 is 4.97. The minimum Gasteiger partial charge on any atom is -0.456 e. The summed E-state index contributed by atoms with van der Waals surface area (Å²) in [7, 11) is 0. The zero-order chi connectivity index (χ0) is 19.8. The number of nitrogens with one attached hydrogen (secondary N) is 1. The van der Waals surface area contributed by atoms with Crippen LogP contribution in [0.15, 0.2) is 47.4 Å². The van der Waals surface area contributed by atoms with Crippen molar-refractivity contribution in [2.45, 2.75) is 31.6 Å². The van der Waals surface area contributed by atoms with E-state index >= 15 is 0 Å². The van der Waals surface area contributed by atoms with Gasteiger partial charge in [-0.05, 0) is 49.4 Å². The molecule has 0 aliphatic heterocycles. The predicted octanol–water partition coefficient (Wildman–Crippen LogP) is 4.17. The highest BCUT2D eigenvalue weighted by molar-refractivity contribution is 7.98. The van der Waals surface area contributed by atoms with Crippen LogP contribution in [0.25, 0.3) is 0 Å². The minimum atomic E-state index is -0.569. The molecule has 0 atom stereocenters. The van der Waals surface area contributed by atoms with Gasteiger partial charge in [-0.3, -0.25) is 14.4 Å². The van der Waals surface area contributed by atoms with E-state index in [1.807, 2.05) is 50.4 Å². The molecule has 1 N–H and O–H groups in total. The zero-order valence-electron chi connectivity index (χ0n) is 15.7. The van der Waals surface area contributed by atoms with Crippen LogP contribution in [0.4, 0.5) is 5.69 Å². The van der Waals surface area contributed by atoms with Gasteiger partial charge >= 0.3 is 5.97 Å². The van der Waals surface area contributed by atoms with Gasteiger partial charge in [0.2, 0.25) is 0 Å². The second-order valence-electron chi connectivity index (χ2n) is 6.13. The molecule has 0 bridgehead atoms. The van der Waals surface area contributed by atoms with Gasteiger partial charge in [0.15, 0.2) is 12.4 Å². The van der Waals surface area contributed by atoms with Crippen molar-refractivity contribution in [2.24, 2.45) is 0 Å². The fourth-order valence-electron chi connectivity index (χ4n) is 2.43. The average molecular weight is 385 g/mol. The highest BCUT2D eigenvalue weighted by Crippen LogP contribution is 2.24. The number of rotatable bonds is 8. The maximum absolute atomic E-state index is 12.2. The number of hydrogen-bond donors (Lipinski definition) is 1. The fraction of sp³-hybridized carbons (Fsp3) is 0.286. The number of Topliss-reactive ketones (excluding diaryl/α,β-unsaturated/α-hetero) is 1. The average Bonchev–Trinajstić information content (AvgIpc) is 2.67. The third kappa shape index (κ3) is 6.25. The second kappa shape index (κ2) is 9.92. The first-order valence-corrected chi connectivity index (χ1v) is 9.82. The molecule has 0 aromatic heterocycles. The van der Waals surface area contributed by atoms with Gasteiger partial charge in [-0.2, -0.15) is 0 Å². The Balaban J connectivity index is 1.77. The molecule has 0 radical (unpaired) electrons. The number of thioether (sulfide) groups is 1. The molecule has 2 aromatic carbocycles. The first-order chi connectivity index (χ1) is 12.9. The van der Waals surface area contributed by atoms with Gasteiger partial charge in [0.05, 0.1) is 12.1 Å². The molecule has 0 aliphatic rings. The Morgan fingerprint density at radius 2 is 1.74 bits per heavy atom. The number of hydrogen-bond acceptors (Lipinski definition) is 5. The largest absolute Gasteiger partial charge is 0.456 e. The Kier molecular flexibility index (Phi) is 7.61. The lowest BCUT2D eigenvalue weighted by Crippen LogP contribution is -2.21. The Morgan fingerprint density at radius 3 is 2.44 bits per heavy atom. The lowest BCUT2D eigenvalue weighted by atomic mass is 10.0.